The van der Waals surface area contributed by atoms with Crippen LogP contribution in [0, 0.1) is 0 Å². The second kappa shape index (κ2) is 24.1. The minimum absolute atomic E-state index is 0.0782. The van der Waals surface area contributed by atoms with Gasteiger partial charge in [-0.1, -0.05) is 91.5 Å². The molecule has 3 aromatic rings. The van der Waals surface area contributed by atoms with Crippen LogP contribution in [0.4, 0.5) is 4.79 Å². The zero-order valence-corrected chi connectivity index (χ0v) is 40.5. The molecule has 3 saturated heterocycles. The second-order valence-corrected chi connectivity index (χ2v) is 17.3. The van der Waals surface area contributed by atoms with Crippen molar-refractivity contribution in [3.63, 3.8) is 0 Å². The Kier molecular flexibility index (Phi) is 17.8. The molecule has 7 rings (SSSR count). The third-order valence-corrected chi connectivity index (χ3v) is 12.1. The fourth-order valence-electron chi connectivity index (χ4n) is 9.13. The minimum Gasteiger partial charge on any atom is -0.463 e. The molecule has 21 heteroatoms. The molecule has 13 atom stereocenters. The highest BCUT2D eigenvalue weighted by Crippen LogP contribution is 2.45. The van der Waals surface area contributed by atoms with Crippen LogP contribution in [0.2, 0.25) is 0 Å². The van der Waals surface area contributed by atoms with Gasteiger partial charge in [0.15, 0.2) is 43.2 Å². The highest BCUT2D eigenvalue weighted by atomic mass is 16.8. The minimum atomic E-state index is -1.76. The Labute approximate surface area is 414 Å². The van der Waals surface area contributed by atoms with Crippen molar-refractivity contribution in [2.24, 2.45) is 0 Å². The molecule has 0 saturated carbocycles. The van der Waals surface area contributed by atoms with Crippen LogP contribution >= 0.6 is 0 Å². The molecule has 3 aliphatic heterocycles. The first-order chi connectivity index (χ1) is 34.5. The van der Waals surface area contributed by atoms with E-state index in [1.54, 1.807) is 30.3 Å². The molecule has 3 fully saturated rings. The molecular formula is C51H58N2O19. The summed E-state index contributed by atoms with van der Waals surface area (Å²) in [7, 11) is 0. The maximum Gasteiger partial charge on any atom is 0.407 e. The number of carbonyl (C=O) groups excluding carboxylic acids is 7. The molecule has 1 aliphatic carbocycles. The summed E-state index contributed by atoms with van der Waals surface area (Å²) in [5.41, 5.74) is 4.56. The summed E-state index contributed by atoms with van der Waals surface area (Å²) in [4.78, 5) is 90.8. The van der Waals surface area contributed by atoms with Crippen molar-refractivity contribution in [1.29, 1.82) is 0 Å². The average Bonchev–Trinajstić information content (AvgIpc) is 3.66. The number of esters is 5. The summed E-state index contributed by atoms with van der Waals surface area (Å²) in [5, 5.41) is 5.38. The Morgan fingerprint density at radius 3 is 1.90 bits per heavy atom. The van der Waals surface area contributed by atoms with Crippen LogP contribution in [0.3, 0.4) is 0 Å². The van der Waals surface area contributed by atoms with Crippen LogP contribution in [-0.2, 0) is 85.6 Å². The molecule has 2 amide bonds. The molecule has 0 spiro atoms. The van der Waals surface area contributed by atoms with Gasteiger partial charge in [-0.2, -0.15) is 0 Å². The van der Waals surface area contributed by atoms with Crippen molar-refractivity contribution in [2.75, 3.05) is 26.4 Å². The number of amides is 2. The number of benzene rings is 3. The lowest BCUT2D eigenvalue weighted by Gasteiger charge is -2.52. The van der Waals surface area contributed by atoms with Crippen molar-refractivity contribution in [3.05, 3.63) is 108 Å². The number of hydrogen-bond donors (Lipinski definition) is 2. The molecule has 0 radical (unpaired) electrons. The van der Waals surface area contributed by atoms with Crippen molar-refractivity contribution >= 4 is 41.8 Å². The Balaban J connectivity index is 1.21. The van der Waals surface area contributed by atoms with E-state index >= 15 is 0 Å². The van der Waals surface area contributed by atoms with E-state index in [-0.39, 0.29) is 25.7 Å². The molecule has 0 aromatic heterocycles. The van der Waals surface area contributed by atoms with Gasteiger partial charge >= 0.3 is 35.9 Å². The lowest BCUT2D eigenvalue weighted by Crippen LogP contribution is -2.70. The highest BCUT2D eigenvalue weighted by Gasteiger charge is 2.58. The van der Waals surface area contributed by atoms with Gasteiger partial charge in [0.25, 0.3) is 0 Å². The summed E-state index contributed by atoms with van der Waals surface area (Å²) in [5.74, 6) is -5.20. The van der Waals surface area contributed by atoms with Gasteiger partial charge in [-0.3, -0.25) is 24.0 Å². The fraction of sp³-hybridized carbons (Fsp3) is 0.471. The number of fused-ring (bicyclic) bond motifs is 4. The zero-order valence-electron chi connectivity index (χ0n) is 40.5. The molecule has 3 heterocycles. The maximum absolute atomic E-state index is 13.8. The van der Waals surface area contributed by atoms with Crippen molar-refractivity contribution < 1.29 is 90.4 Å². The number of alkyl carbamates (subject to hydrolysis) is 1. The summed E-state index contributed by atoms with van der Waals surface area (Å²) in [6.07, 6.45) is -15.2. The van der Waals surface area contributed by atoms with E-state index in [0.717, 1.165) is 49.9 Å². The molecule has 2 N–H and O–H groups in total. The van der Waals surface area contributed by atoms with E-state index in [4.69, 9.17) is 56.8 Å². The molecule has 4 aliphatic rings. The molecule has 0 unspecified atom stereocenters. The molecule has 3 aromatic carbocycles. The van der Waals surface area contributed by atoms with Gasteiger partial charge < -0.3 is 67.5 Å². The van der Waals surface area contributed by atoms with Crippen molar-refractivity contribution in [2.45, 2.75) is 127 Å². The Morgan fingerprint density at radius 1 is 0.681 bits per heavy atom. The third-order valence-electron chi connectivity index (χ3n) is 12.1. The molecular weight excluding hydrogens is 945 g/mol. The third kappa shape index (κ3) is 12.8. The number of rotatable bonds is 18. The zero-order chi connectivity index (χ0) is 51.6. The van der Waals surface area contributed by atoms with Crippen LogP contribution in [0.15, 0.2) is 91.5 Å². The van der Waals surface area contributed by atoms with Gasteiger partial charge in [0, 0.05) is 46.1 Å². The van der Waals surface area contributed by atoms with Gasteiger partial charge in [0.1, 0.15) is 50.3 Å². The lowest BCUT2D eigenvalue weighted by molar-refractivity contribution is -0.381. The highest BCUT2D eigenvalue weighted by molar-refractivity contribution is 5.83. The van der Waals surface area contributed by atoms with Crippen molar-refractivity contribution in [1.82, 2.24) is 10.6 Å². The Bertz CT molecular complexity index is 2410. The van der Waals surface area contributed by atoms with Gasteiger partial charge in [0.2, 0.25) is 5.91 Å². The standard InChI is InChI=1S/C51H58N2O19/c1-8-22-61-47(59)40(53-51(60)64-23-37-35-20-14-12-18-33(35)34-19-13-15-21-36(34)37)26(2)65-49-41(52-27(3)54)44(42-39(69-49)25-63-48(71-42)32-16-10-9-11-17-32)72-50-46(68-31(7)58)45(67-30(6)57)43(66-29(5)56)38(70-50)24-62-28(4)55/h8-21,26,37-46,48-50H,1,22-25H2,2-7H3,(H,52,54)(H,53,60)/t26-,38-,39-,40+,41-,42+,43+,44-,45+,46-,48+,49+,50+/m1/s1. The summed E-state index contributed by atoms with van der Waals surface area (Å²) in [6, 6.07) is 21.5. The van der Waals surface area contributed by atoms with Gasteiger partial charge in [-0.05, 0) is 29.2 Å². The van der Waals surface area contributed by atoms with Gasteiger partial charge in [-0.25, -0.2) is 9.59 Å². The number of nitrogens with one attached hydrogen (secondary N) is 2. The first-order valence-corrected chi connectivity index (χ1v) is 23.3. The molecule has 21 nitrogen and oxygen atoms in total. The molecule has 72 heavy (non-hydrogen) atoms. The first kappa shape index (κ1) is 53.1. The number of hydrogen-bond acceptors (Lipinski definition) is 19. The van der Waals surface area contributed by atoms with Crippen LogP contribution in [-0.4, -0.2) is 142 Å². The topological polar surface area (TPSA) is 254 Å². The summed E-state index contributed by atoms with van der Waals surface area (Å²) >= 11 is 0. The van der Waals surface area contributed by atoms with E-state index in [2.05, 4.69) is 17.2 Å². The quantitative estimate of drug-likeness (QED) is 0.104. The first-order valence-electron chi connectivity index (χ1n) is 23.3. The van der Waals surface area contributed by atoms with E-state index in [0.29, 0.717) is 5.56 Å². The van der Waals surface area contributed by atoms with Crippen molar-refractivity contribution in [3.8, 4) is 11.1 Å². The van der Waals surface area contributed by atoms with Gasteiger partial charge in [0.05, 0.1) is 12.7 Å². The van der Waals surface area contributed by atoms with E-state index in [1.807, 2.05) is 48.5 Å². The van der Waals surface area contributed by atoms with Crippen LogP contribution in [0.1, 0.15) is 70.4 Å². The van der Waals surface area contributed by atoms with E-state index in [9.17, 15) is 33.6 Å². The molecule has 386 valence electrons. The Morgan fingerprint density at radius 2 is 1.29 bits per heavy atom. The normalized spacial score (nSPS) is 27.2. The predicted octanol–water partition coefficient (Wildman–Crippen LogP) is 3.84. The second-order valence-electron chi connectivity index (χ2n) is 17.3. The average molecular weight is 1000 g/mol. The largest absolute Gasteiger partial charge is 0.463 e. The fourth-order valence-corrected chi connectivity index (χ4v) is 9.13. The maximum atomic E-state index is 13.8. The smallest absolute Gasteiger partial charge is 0.407 e. The predicted molar refractivity (Wildman–Crippen MR) is 247 cm³/mol. The van der Waals surface area contributed by atoms with E-state index < -0.39 is 128 Å². The number of ether oxygens (including phenoxy) is 12. The molecule has 0 bridgehead atoms. The van der Waals surface area contributed by atoms with Crippen LogP contribution in [0.5, 0.6) is 0 Å². The van der Waals surface area contributed by atoms with E-state index in [1.165, 1.54) is 19.9 Å². The van der Waals surface area contributed by atoms with Crippen LogP contribution < -0.4 is 10.6 Å². The SMILES string of the molecule is C=CCOC(=O)[C@@H](NC(=O)OCC1c2ccccc2-c2ccccc21)[C@@H](C)O[C@H]1O[C@@H]2CO[C@H](c3ccccc3)O[C@@H]2[C@H](O[C@@H]2O[C@H](COC(C)=O)[C@H](OC(C)=O)[C@H](OC(C)=O)[C@H]2OC(C)=O)[C@H]1NC(C)=O. The monoisotopic (exact) mass is 1000 g/mol. The van der Waals surface area contributed by atoms with Gasteiger partial charge in [-0.15, -0.1) is 0 Å². The number of carbonyl (C=O) groups is 7. The lowest BCUT2D eigenvalue weighted by atomic mass is 9.94. The Hall–Kier alpha value is -6.75. The van der Waals surface area contributed by atoms with Crippen LogP contribution in [0.25, 0.3) is 11.1 Å². The summed E-state index contributed by atoms with van der Waals surface area (Å²) in [6.45, 7) is 9.62. The summed E-state index contributed by atoms with van der Waals surface area (Å²) < 4.78 is 72.1.